The highest BCUT2D eigenvalue weighted by Crippen LogP contribution is 2.46. The monoisotopic (exact) mass is 623 g/mol. The van der Waals surface area contributed by atoms with Crippen LogP contribution in [-0.2, 0) is 14.0 Å². The Balaban J connectivity index is 1.84. The third-order valence-electron chi connectivity index (χ3n) is 10.6. The van der Waals surface area contributed by atoms with Gasteiger partial charge in [0, 0.05) is 24.7 Å². The Hall–Kier alpha value is -2.10. The van der Waals surface area contributed by atoms with Crippen LogP contribution in [0, 0.1) is 12.8 Å². The number of piperidine rings is 1. The molecule has 244 valence electrons. The number of allylic oxidation sites excluding steroid dienone is 1. The van der Waals surface area contributed by atoms with Crippen molar-refractivity contribution in [3.63, 3.8) is 0 Å². The molecule has 0 radical (unpaired) electrons. The molecule has 2 aromatic heterocycles. The van der Waals surface area contributed by atoms with Gasteiger partial charge in [0.25, 0.3) is 0 Å². The lowest BCUT2D eigenvalue weighted by molar-refractivity contribution is 0.00578. The Morgan fingerprint density at radius 1 is 1.02 bits per heavy atom. The average Bonchev–Trinajstić information content (AvgIpc) is 3.38. The highest BCUT2D eigenvalue weighted by Gasteiger charge is 2.51. The molecule has 2 saturated heterocycles. The molecular weight excluding hydrogens is 565 g/mol. The third kappa shape index (κ3) is 6.30. The molecule has 4 heterocycles. The van der Waals surface area contributed by atoms with Crippen molar-refractivity contribution in [3.05, 3.63) is 35.6 Å². The lowest BCUT2D eigenvalue weighted by Gasteiger charge is -2.44. The van der Waals surface area contributed by atoms with Crippen molar-refractivity contribution in [3.8, 4) is 0 Å². The zero-order valence-electron chi connectivity index (χ0n) is 30.0. The quantitative estimate of drug-likeness (QED) is 0.288. The molecule has 0 spiro atoms. The zero-order chi connectivity index (χ0) is 33.0. The van der Waals surface area contributed by atoms with Crippen LogP contribution < -0.4 is 0 Å². The second kappa shape index (κ2) is 12.3. The Bertz CT molecular complexity index is 1340. The molecule has 44 heavy (non-hydrogen) atoms. The van der Waals surface area contributed by atoms with E-state index in [-0.39, 0.29) is 12.0 Å². The van der Waals surface area contributed by atoms with E-state index in [9.17, 15) is 4.79 Å². The van der Waals surface area contributed by atoms with E-state index in [1.807, 2.05) is 25.7 Å². The topological polar surface area (TPSA) is 65.8 Å². The van der Waals surface area contributed by atoms with Gasteiger partial charge in [-0.25, -0.2) is 9.78 Å². The molecule has 0 aromatic carbocycles. The summed E-state index contributed by atoms with van der Waals surface area (Å²) in [6.07, 6.45) is 5.84. The number of fused-ring (bicyclic) bond motifs is 1. The number of amides is 1. The molecule has 0 saturated carbocycles. The maximum atomic E-state index is 12.9. The first-order chi connectivity index (χ1) is 20.2. The van der Waals surface area contributed by atoms with Crippen LogP contribution in [0.25, 0.3) is 16.6 Å². The Morgan fingerprint density at radius 2 is 1.55 bits per heavy atom. The van der Waals surface area contributed by atoms with Gasteiger partial charge in [-0.15, -0.1) is 0 Å². The minimum atomic E-state index is -2.02. The molecule has 0 aliphatic carbocycles. The fraction of sp³-hybridized carbons (Fsp3) is 0.714. The summed E-state index contributed by atoms with van der Waals surface area (Å²) in [6.45, 7) is 32.0. The number of carbonyl (C=O) groups excluding carboxylic acids is 1. The fourth-order valence-corrected chi connectivity index (χ4v) is 14.5. The molecule has 0 unspecified atom stereocenters. The van der Waals surface area contributed by atoms with Gasteiger partial charge in [0.05, 0.1) is 11.2 Å². The molecule has 1 amide bonds. The van der Waals surface area contributed by atoms with Crippen LogP contribution in [0.1, 0.15) is 114 Å². The normalized spacial score (nSPS) is 20.1. The second-order valence-electron chi connectivity index (χ2n) is 16.1. The Labute approximate surface area is 268 Å². The molecule has 7 nitrogen and oxygen atoms in total. The summed E-state index contributed by atoms with van der Waals surface area (Å²) in [6, 6.07) is 2.30. The molecule has 2 aromatic rings. The van der Waals surface area contributed by atoms with Crippen molar-refractivity contribution >= 4 is 38.1 Å². The van der Waals surface area contributed by atoms with Gasteiger partial charge in [-0.3, -0.25) is 0 Å². The van der Waals surface area contributed by atoms with Crippen LogP contribution in [0.15, 0.2) is 24.4 Å². The molecule has 2 fully saturated rings. The van der Waals surface area contributed by atoms with Gasteiger partial charge in [-0.2, -0.15) is 0 Å². The number of carbonyl (C=O) groups is 1. The van der Waals surface area contributed by atoms with Crippen molar-refractivity contribution in [1.29, 1.82) is 0 Å². The summed E-state index contributed by atoms with van der Waals surface area (Å²) < 4.78 is 21.4. The molecule has 0 atom stereocenters. The van der Waals surface area contributed by atoms with E-state index in [1.165, 1.54) is 16.5 Å². The van der Waals surface area contributed by atoms with Gasteiger partial charge >= 0.3 is 13.2 Å². The van der Waals surface area contributed by atoms with E-state index in [0.29, 0.717) is 29.7 Å². The predicted molar refractivity (Wildman–Crippen MR) is 186 cm³/mol. The van der Waals surface area contributed by atoms with Gasteiger partial charge < -0.3 is 23.2 Å². The van der Waals surface area contributed by atoms with Gasteiger partial charge in [0.2, 0.25) is 0 Å². The molecule has 2 aliphatic heterocycles. The van der Waals surface area contributed by atoms with Gasteiger partial charge in [0.15, 0.2) is 8.24 Å². The fourth-order valence-electron chi connectivity index (χ4n) is 7.94. The number of pyridine rings is 1. The summed E-state index contributed by atoms with van der Waals surface area (Å²) in [5.41, 5.74) is 5.01. The van der Waals surface area contributed by atoms with Crippen LogP contribution in [-0.4, -0.2) is 65.5 Å². The zero-order valence-corrected chi connectivity index (χ0v) is 31.0. The molecule has 9 heteroatoms. The van der Waals surface area contributed by atoms with Gasteiger partial charge in [-0.05, 0) is 120 Å². The van der Waals surface area contributed by atoms with Crippen molar-refractivity contribution in [1.82, 2.24) is 14.1 Å². The maximum absolute atomic E-state index is 12.9. The lowest BCUT2D eigenvalue weighted by Crippen LogP contribution is -2.51. The second-order valence-corrected chi connectivity index (χ2v) is 21.8. The van der Waals surface area contributed by atoms with Crippen molar-refractivity contribution < 1.29 is 18.8 Å². The largest absolute Gasteiger partial charge is 0.487 e. The molecule has 2 aliphatic rings. The molecule has 0 bridgehead atoms. The number of hydrogen-bond donors (Lipinski definition) is 0. The highest BCUT2D eigenvalue weighted by atomic mass is 28.3. The number of rotatable bonds is 7. The standard InChI is InChI=1S/C35H58BN3O4Si/c1-23(2)44(24(3)4,25(5)6)39-20-17-28-30(26(7)22-37-31(28)39)29(21-36-42-34(11,12)35(13,14)43-36)27-15-18-38(19-16-27)32(40)41-33(8,9)10/h17,20-25,27H,15-16,18-19H2,1-14H3/b29-21-. The number of aromatic nitrogens is 2. The van der Waals surface area contributed by atoms with E-state index in [1.54, 1.807) is 0 Å². The minimum Gasteiger partial charge on any atom is -0.444 e. The first-order valence-corrected chi connectivity index (χ1v) is 18.9. The predicted octanol–water partition coefficient (Wildman–Crippen LogP) is 9.03. The smallest absolute Gasteiger partial charge is 0.444 e. The molecule has 0 N–H and O–H groups in total. The number of hydrogen-bond acceptors (Lipinski definition) is 5. The number of likely N-dealkylation sites (tertiary alicyclic amines) is 1. The van der Waals surface area contributed by atoms with Crippen LogP contribution >= 0.6 is 0 Å². The minimum absolute atomic E-state index is 0.232. The molecular formula is C35H58BN3O4Si. The van der Waals surface area contributed by atoms with E-state index in [2.05, 4.69) is 105 Å². The van der Waals surface area contributed by atoms with Crippen LogP contribution in [0.5, 0.6) is 0 Å². The highest BCUT2D eigenvalue weighted by molar-refractivity contribution is 6.82. The summed E-state index contributed by atoms with van der Waals surface area (Å²) >= 11 is 0. The Morgan fingerprint density at radius 3 is 2.02 bits per heavy atom. The summed E-state index contributed by atoms with van der Waals surface area (Å²) in [7, 11) is -2.48. The number of nitrogens with zero attached hydrogens (tertiary/aromatic N) is 3. The van der Waals surface area contributed by atoms with E-state index in [0.717, 1.165) is 24.1 Å². The van der Waals surface area contributed by atoms with E-state index >= 15 is 0 Å². The van der Waals surface area contributed by atoms with Gasteiger partial charge in [0.1, 0.15) is 11.2 Å². The summed E-state index contributed by atoms with van der Waals surface area (Å²) in [4.78, 5) is 19.9. The van der Waals surface area contributed by atoms with Crippen LogP contribution in [0.3, 0.4) is 0 Å². The van der Waals surface area contributed by atoms with Crippen LogP contribution in [0.2, 0.25) is 16.6 Å². The van der Waals surface area contributed by atoms with Crippen molar-refractivity contribution in [2.45, 2.75) is 143 Å². The lowest BCUT2D eigenvalue weighted by atomic mass is 9.76. The summed E-state index contributed by atoms with van der Waals surface area (Å²) in [5, 5.41) is 1.20. The Kier molecular flexibility index (Phi) is 9.68. The van der Waals surface area contributed by atoms with E-state index < -0.39 is 32.2 Å². The number of ether oxygens (including phenoxy) is 1. The van der Waals surface area contributed by atoms with Crippen LogP contribution in [0.4, 0.5) is 4.79 Å². The van der Waals surface area contributed by atoms with E-state index in [4.69, 9.17) is 19.0 Å². The molecule has 4 rings (SSSR count). The number of aryl methyl sites for hydroxylation is 1. The van der Waals surface area contributed by atoms with Crippen molar-refractivity contribution in [2.75, 3.05) is 13.1 Å². The summed E-state index contributed by atoms with van der Waals surface area (Å²) in [5.74, 6) is 2.46. The third-order valence-corrected chi connectivity index (χ3v) is 17.3. The maximum Gasteiger partial charge on any atom is 0.487 e. The average molecular weight is 624 g/mol. The van der Waals surface area contributed by atoms with Crippen molar-refractivity contribution in [2.24, 2.45) is 5.92 Å². The van der Waals surface area contributed by atoms with Gasteiger partial charge in [-0.1, -0.05) is 47.5 Å². The first kappa shape index (κ1) is 34.8. The SMILES string of the molecule is Cc1cnc2c(ccn2[Si](C(C)C)(C(C)C)C(C)C)c1/C(=C\B1OC(C)(C)C(C)(C)O1)C1CCN(C(=O)OC(C)(C)C)CC1. The first-order valence-electron chi connectivity index (χ1n) is 16.8.